The number of aryl methyl sites for hydroxylation is 1. The van der Waals surface area contributed by atoms with Crippen molar-refractivity contribution in [1.82, 2.24) is 10.3 Å². The second-order valence-electron chi connectivity index (χ2n) is 4.80. The van der Waals surface area contributed by atoms with E-state index in [2.05, 4.69) is 27.2 Å². The Balaban J connectivity index is 1.94. The summed E-state index contributed by atoms with van der Waals surface area (Å²) < 4.78 is 4.61. The van der Waals surface area contributed by atoms with Crippen LogP contribution in [0.15, 0.2) is 30.3 Å². The van der Waals surface area contributed by atoms with Crippen LogP contribution >= 0.6 is 0 Å². The van der Waals surface area contributed by atoms with Crippen molar-refractivity contribution in [3.8, 4) is 0 Å². The number of fused-ring (bicyclic) bond motifs is 1. The lowest BCUT2D eigenvalue weighted by Crippen LogP contribution is -2.16. The van der Waals surface area contributed by atoms with Crippen molar-refractivity contribution in [1.29, 1.82) is 0 Å². The quantitative estimate of drug-likeness (QED) is 0.648. The van der Waals surface area contributed by atoms with E-state index >= 15 is 0 Å². The molecule has 0 atom stereocenters. The molecule has 1 heterocycles. The molecule has 0 bridgehead atoms. The number of pyridine rings is 1. The zero-order valence-electron chi connectivity index (χ0n) is 12.0. The average Bonchev–Trinajstić information content (AvgIpc) is 2.46. The molecule has 0 saturated carbocycles. The minimum Gasteiger partial charge on any atom is -0.469 e. The lowest BCUT2D eigenvalue weighted by Gasteiger charge is -2.09. The molecule has 4 nitrogen and oxygen atoms in total. The first-order valence-corrected chi connectivity index (χ1v) is 6.83. The molecule has 1 aromatic heterocycles. The molecule has 0 fully saturated rings. The van der Waals surface area contributed by atoms with E-state index in [1.165, 1.54) is 18.1 Å². The number of benzene rings is 1. The lowest BCUT2D eigenvalue weighted by atomic mass is 10.1. The average molecular weight is 272 g/mol. The van der Waals surface area contributed by atoms with Gasteiger partial charge in [-0.1, -0.05) is 18.2 Å². The highest BCUT2D eigenvalue weighted by Gasteiger charge is 2.04. The Kier molecular flexibility index (Phi) is 5.07. The van der Waals surface area contributed by atoms with Crippen LogP contribution in [-0.4, -0.2) is 24.6 Å². The van der Waals surface area contributed by atoms with E-state index in [1.807, 2.05) is 25.1 Å². The third-order valence-corrected chi connectivity index (χ3v) is 3.21. The van der Waals surface area contributed by atoms with Gasteiger partial charge < -0.3 is 10.1 Å². The molecule has 0 spiro atoms. The summed E-state index contributed by atoms with van der Waals surface area (Å²) in [5.74, 6) is -0.156. The fourth-order valence-electron chi connectivity index (χ4n) is 2.22. The van der Waals surface area contributed by atoms with Gasteiger partial charge in [0, 0.05) is 24.0 Å². The summed E-state index contributed by atoms with van der Waals surface area (Å²) >= 11 is 0. The van der Waals surface area contributed by atoms with Crippen molar-refractivity contribution in [2.24, 2.45) is 0 Å². The summed E-state index contributed by atoms with van der Waals surface area (Å²) in [7, 11) is 1.42. The van der Waals surface area contributed by atoms with E-state index in [4.69, 9.17) is 0 Å². The smallest absolute Gasteiger partial charge is 0.305 e. The second-order valence-corrected chi connectivity index (χ2v) is 4.80. The molecule has 1 aromatic carbocycles. The van der Waals surface area contributed by atoms with Gasteiger partial charge in [-0.25, -0.2) is 0 Å². The fraction of sp³-hybridized carbons (Fsp3) is 0.375. The second kappa shape index (κ2) is 7.01. The molecule has 4 heteroatoms. The van der Waals surface area contributed by atoms with Gasteiger partial charge in [0.15, 0.2) is 0 Å². The van der Waals surface area contributed by atoms with Crippen LogP contribution in [0.1, 0.15) is 24.1 Å². The minimum atomic E-state index is -0.156. The molecule has 0 radical (unpaired) electrons. The van der Waals surface area contributed by atoms with E-state index in [-0.39, 0.29) is 5.97 Å². The molecule has 106 valence electrons. The minimum absolute atomic E-state index is 0.156. The van der Waals surface area contributed by atoms with Gasteiger partial charge in [-0.3, -0.25) is 9.78 Å². The van der Waals surface area contributed by atoms with Crippen LogP contribution in [0.4, 0.5) is 0 Å². The van der Waals surface area contributed by atoms with Crippen LogP contribution in [0.5, 0.6) is 0 Å². The van der Waals surface area contributed by atoms with Crippen LogP contribution in [0.2, 0.25) is 0 Å². The Labute approximate surface area is 119 Å². The van der Waals surface area contributed by atoms with E-state index in [9.17, 15) is 4.79 Å². The summed E-state index contributed by atoms with van der Waals surface area (Å²) in [6.45, 7) is 3.59. The highest BCUT2D eigenvalue weighted by Crippen LogP contribution is 2.17. The van der Waals surface area contributed by atoms with Crippen molar-refractivity contribution in [3.05, 3.63) is 41.6 Å². The largest absolute Gasteiger partial charge is 0.469 e. The lowest BCUT2D eigenvalue weighted by molar-refractivity contribution is -0.140. The Hall–Kier alpha value is -1.94. The van der Waals surface area contributed by atoms with Crippen LogP contribution in [0, 0.1) is 6.92 Å². The first kappa shape index (κ1) is 14.5. The Morgan fingerprint density at radius 2 is 2.15 bits per heavy atom. The third-order valence-electron chi connectivity index (χ3n) is 3.21. The zero-order valence-corrected chi connectivity index (χ0v) is 12.0. The van der Waals surface area contributed by atoms with E-state index in [0.29, 0.717) is 6.42 Å². The van der Waals surface area contributed by atoms with Gasteiger partial charge in [-0.2, -0.15) is 0 Å². The number of nitrogens with zero attached hydrogens (tertiary/aromatic N) is 1. The third kappa shape index (κ3) is 3.78. The molecule has 0 unspecified atom stereocenters. The number of carbonyl (C=O) groups is 1. The molecule has 0 aliphatic rings. The number of para-hydroxylation sites is 1. The summed E-state index contributed by atoms with van der Waals surface area (Å²) in [4.78, 5) is 15.5. The Morgan fingerprint density at radius 1 is 1.35 bits per heavy atom. The molecule has 0 aliphatic carbocycles. The van der Waals surface area contributed by atoms with Gasteiger partial charge in [0.2, 0.25) is 0 Å². The summed E-state index contributed by atoms with van der Waals surface area (Å²) in [6.07, 6.45) is 1.24. The molecule has 2 aromatic rings. The van der Waals surface area contributed by atoms with Crippen LogP contribution in [0.3, 0.4) is 0 Å². The van der Waals surface area contributed by atoms with Gasteiger partial charge in [-0.15, -0.1) is 0 Å². The molecular formula is C16H20N2O2. The fourth-order valence-corrected chi connectivity index (χ4v) is 2.22. The van der Waals surface area contributed by atoms with Crippen molar-refractivity contribution >= 4 is 16.9 Å². The molecule has 0 amide bonds. The van der Waals surface area contributed by atoms with Crippen LogP contribution in [-0.2, 0) is 16.1 Å². The normalized spacial score (nSPS) is 10.7. The van der Waals surface area contributed by atoms with Crippen LogP contribution in [0.25, 0.3) is 10.9 Å². The van der Waals surface area contributed by atoms with Crippen molar-refractivity contribution in [2.45, 2.75) is 26.3 Å². The molecule has 2 rings (SSSR count). The summed E-state index contributed by atoms with van der Waals surface area (Å²) in [6, 6.07) is 10.3. The number of carbonyl (C=O) groups excluding carboxylic acids is 1. The number of nitrogens with one attached hydrogen (secondary N) is 1. The number of esters is 1. The number of aromatic nitrogens is 1. The Bertz CT molecular complexity index is 596. The maximum absolute atomic E-state index is 11.0. The zero-order chi connectivity index (χ0) is 14.4. The summed E-state index contributed by atoms with van der Waals surface area (Å²) in [5.41, 5.74) is 3.29. The number of ether oxygens (including phenoxy) is 1. The first-order valence-electron chi connectivity index (χ1n) is 6.83. The number of hydrogen-bond donors (Lipinski definition) is 1. The van der Waals surface area contributed by atoms with E-state index < -0.39 is 0 Å². The number of rotatable bonds is 6. The van der Waals surface area contributed by atoms with Crippen molar-refractivity contribution in [2.75, 3.05) is 13.7 Å². The molecule has 1 N–H and O–H groups in total. The van der Waals surface area contributed by atoms with Gasteiger partial charge in [0.25, 0.3) is 0 Å². The van der Waals surface area contributed by atoms with Crippen molar-refractivity contribution in [3.63, 3.8) is 0 Å². The van der Waals surface area contributed by atoms with Crippen LogP contribution < -0.4 is 5.32 Å². The molecule has 20 heavy (non-hydrogen) atoms. The molecule has 0 aliphatic heterocycles. The maximum atomic E-state index is 11.0. The summed E-state index contributed by atoms with van der Waals surface area (Å²) in [5, 5.41) is 4.54. The topological polar surface area (TPSA) is 51.2 Å². The van der Waals surface area contributed by atoms with E-state index in [1.54, 1.807) is 0 Å². The highest BCUT2D eigenvalue weighted by atomic mass is 16.5. The molecule has 0 saturated heterocycles. The number of methoxy groups -OCH3 is 1. The van der Waals surface area contributed by atoms with Gasteiger partial charge in [-0.05, 0) is 37.6 Å². The van der Waals surface area contributed by atoms with Gasteiger partial charge in [0.05, 0.1) is 12.6 Å². The maximum Gasteiger partial charge on any atom is 0.305 e. The Morgan fingerprint density at radius 3 is 2.95 bits per heavy atom. The first-order chi connectivity index (χ1) is 9.70. The van der Waals surface area contributed by atoms with E-state index in [0.717, 1.165) is 30.7 Å². The number of hydrogen-bond acceptors (Lipinski definition) is 4. The van der Waals surface area contributed by atoms with Gasteiger partial charge >= 0.3 is 5.97 Å². The molecular weight excluding hydrogens is 252 g/mol. The monoisotopic (exact) mass is 272 g/mol. The predicted molar refractivity (Wildman–Crippen MR) is 79.4 cm³/mol. The van der Waals surface area contributed by atoms with Crippen molar-refractivity contribution < 1.29 is 9.53 Å². The SMILES string of the molecule is COC(=O)CCCNCc1cc(C)nc2ccccc12. The van der Waals surface area contributed by atoms with Gasteiger partial charge in [0.1, 0.15) is 0 Å². The highest BCUT2D eigenvalue weighted by molar-refractivity contribution is 5.82. The predicted octanol–water partition coefficient (Wildman–Crippen LogP) is 2.59. The standard InChI is InChI=1S/C16H20N2O2/c1-12-10-13(11-17-9-5-8-16(19)20-2)14-6-3-4-7-15(14)18-12/h3-4,6-7,10,17H,5,8-9,11H2,1-2H3.